The summed E-state index contributed by atoms with van der Waals surface area (Å²) < 4.78 is 0. The molecule has 0 aromatic rings. The van der Waals surface area contributed by atoms with Gasteiger partial charge in [-0.1, -0.05) is 32.1 Å². The lowest BCUT2D eigenvalue weighted by molar-refractivity contribution is -0.132. The van der Waals surface area contributed by atoms with E-state index in [0.29, 0.717) is 12.0 Å². The third-order valence-electron chi connectivity index (χ3n) is 2.36. The maximum absolute atomic E-state index is 10.9. The molecular formula is C12H21NO2. The van der Waals surface area contributed by atoms with Crippen LogP contribution >= 0.6 is 0 Å². The first-order chi connectivity index (χ1) is 7.15. The molecule has 0 spiro atoms. The number of hydrogen-bond acceptors (Lipinski definition) is 2. The predicted octanol–water partition coefficient (Wildman–Crippen LogP) is 2.31. The molecule has 0 aliphatic heterocycles. The van der Waals surface area contributed by atoms with Gasteiger partial charge in [0.2, 0.25) is 0 Å². The van der Waals surface area contributed by atoms with Crippen molar-refractivity contribution in [3.05, 3.63) is 23.8 Å². The molecule has 0 saturated carbocycles. The molecule has 0 atom stereocenters. The Bertz CT molecular complexity index is 240. The lowest BCUT2D eigenvalue weighted by Gasteiger charge is -2.17. The van der Waals surface area contributed by atoms with E-state index in [1.54, 1.807) is 12.2 Å². The van der Waals surface area contributed by atoms with Crippen molar-refractivity contribution in [2.75, 3.05) is 19.6 Å². The molecule has 15 heavy (non-hydrogen) atoms. The van der Waals surface area contributed by atoms with E-state index in [1.807, 2.05) is 13.0 Å². The van der Waals surface area contributed by atoms with Crippen molar-refractivity contribution >= 4 is 5.97 Å². The number of carbonyl (C=O) groups is 1. The smallest absolute Gasteiger partial charge is 0.331 e. The number of carboxylic acid groups (broad SMARTS) is 1. The highest BCUT2D eigenvalue weighted by atomic mass is 16.4. The van der Waals surface area contributed by atoms with Crippen LogP contribution in [0, 0.1) is 0 Å². The van der Waals surface area contributed by atoms with E-state index in [0.717, 1.165) is 19.6 Å². The van der Waals surface area contributed by atoms with E-state index in [4.69, 9.17) is 5.11 Å². The molecule has 0 aromatic carbocycles. The highest BCUT2D eigenvalue weighted by Gasteiger charge is 2.07. The molecule has 0 radical (unpaired) electrons. The molecule has 0 amide bonds. The molecule has 0 aromatic heterocycles. The molecule has 0 fully saturated rings. The minimum absolute atomic E-state index is 0.472. The van der Waals surface area contributed by atoms with Crippen molar-refractivity contribution in [1.29, 1.82) is 0 Å². The quantitative estimate of drug-likeness (QED) is 0.519. The molecule has 0 unspecified atom stereocenters. The molecule has 3 nitrogen and oxygen atoms in total. The van der Waals surface area contributed by atoms with Crippen LogP contribution in [0.1, 0.15) is 27.2 Å². The van der Waals surface area contributed by atoms with Gasteiger partial charge in [-0.3, -0.25) is 0 Å². The third kappa shape index (κ3) is 6.07. The van der Waals surface area contributed by atoms with Gasteiger partial charge in [0.05, 0.1) is 0 Å². The molecule has 86 valence electrons. The molecule has 0 rings (SSSR count). The van der Waals surface area contributed by atoms with Crippen LogP contribution in [0.4, 0.5) is 0 Å². The first-order valence-electron chi connectivity index (χ1n) is 5.43. The van der Waals surface area contributed by atoms with Crippen LogP contribution in [0.2, 0.25) is 0 Å². The fourth-order valence-corrected chi connectivity index (χ4v) is 1.29. The topological polar surface area (TPSA) is 40.5 Å². The molecule has 0 heterocycles. The third-order valence-corrected chi connectivity index (χ3v) is 2.36. The zero-order chi connectivity index (χ0) is 11.7. The van der Waals surface area contributed by atoms with Crippen LogP contribution < -0.4 is 0 Å². The monoisotopic (exact) mass is 211 g/mol. The van der Waals surface area contributed by atoms with Gasteiger partial charge in [0.1, 0.15) is 0 Å². The largest absolute Gasteiger partial charge is 0.478 e. The number of carboxylic acids is 1. The van der Waals surface area contributed by atoms with Crippen molar-refractivity contribution in [3.8, 4) is 0 Å². The summed E-state index contributed by atoms with van der Waals surface area (Å²) in [5.74, 6) is -0.819. The van der Waals surface area contributed by atoms with Gasteiger partial charge in [-0.05, 0) is 26.4 Å². The molecule has 3 heteroatoms. The van der Waals surface area contributed by atoms with Gasteiger partial charge in [-0.15, -0.1) is 0 Å². The van der Waals surface area contributed by atoms with Crippen molar-refractivity contribution < 1.29 is 9.90 Å². The normalized spacial score (nSPS) is 12.7. The van der Waals surface area contributed by atoms with Crippen LogP contribution in [-0.2, 0) is 4.79 Å². The summed E-state index contributed by atoms with van der Waals surface area (Å²) in [5, 5.41) is 8.94. The summed E-state index contributed by atoms with van der Waals surface area (Å²) in [7, 11) is 0. The van der Waals surface area contributed by atoms with Crippen LogP contribution in [0.15, 0.2) is 23.8 Å². The second-order valence-corrected chi connectivity index (χ2v) is 3.30. The van der Waals surface area contributed by atoms with Gasteiger partial charge in [-0.25, -0.2) is 4.79 Å². The van der Waals surface area contributed by atoms with Gasteiger partial charge in [0.15, 0.2) is 0 Å². The van der Waals surface area contributed by atoms with Crippen molar-refractivity contribution in [2.45, 2.75) is 27.2 Å². The van der Waals surface area contributed by atoms with E-state index in [1.165, 1.54) is 0 Å². The van der Waals surface area contributed by atoms with Crippen LogP contribution in [0.5, 0.6) is 0 Å². The lowest BCUT2D eigenvalue weighted by atomic mass is 10.1. The standard InChI is InChI=1S/C12H21NO2/c1-4-7-8-11(12(14)15)9-10-13(5-2)6-3/h4,7-8H,5-6,9-10H2,1-3H3,(H,14,15)/b7-4+,11-8+. The predicted molar refractivity (Wildman–Crippen MR) is 62.9 cm³/mol. The van der Waals surface area contributed by atoms with Crippen LogP contribution in [0.3, 0.4) is 0 Å². The Hall–Kier alpha value is -1.09. The summed E-state index contributed by atoms with van der Waals surface area (Å²) in [4.78, 5) is 13.1. The zero-order valence-corrected chi connectivity index (χ0v) is 9.86. The second kappa shape index (κ2) is 8.24. The van der Waals surface area contributed by atoms with Crippen molar-refractivity contribution in [1.82, 2.24) is 4.90 Å². The number of nitrogens with zero attached hydrogens (tertiary/aromatic N) is 1. The van der Waals surface area contributed by atoms with Gasteiger partial charge in [-0.2, -0.15) is 0 Å². The second-order valence-electron chi connectivity index (χ2n) is 3.30. The van der Waals surface area contributed by atoms with E-state index < -0.39 is 5.97 Å². The van der Waals surface area contributed by atoms with Gasteiger partial charge < -0.3 is 10.0 Å². The summed E-state index contributed by atoms with van der Waals surface area (Å²) in [6, 6.07) is 0. The molecule has 0 bridgehead atoms. The number of hydrogen-bond donors (Lipinski definition) is 1. The first-order valence-corrected chi connectivity index (χ1v) is 5.43. The Kier molecular flexibility index (Phi) is 7.64. The molecular weight excluding hydrogens is 190 g/mol. The summed E-state index contributed by atoms with van der Waals surface area (Å²) >= 11 is 0. The SMILES string of the molecule is C/C=C/C=C(\CCN(CC)CC)C(=O)O. The Balaban J connectivity index is 4.24. The average Bonchev–Trinajstić information content (AvgIpc) is 2.23. The first kappa shape index (κ1) is 13.9. The summed E-state index contributed by atoms with van der Waals surface area (Å²) in [6.07, 6.45) is 5.87. The Morgan fingerprint density at radius 3 is 2.33 bits per heavy atom. The van der Waals surface area contributed by atoms with Crippen molar-refractivity contribution in [3.63, 3.8) is 0 Å². The highest BCUT2D eigenvalue weighted by molar-refractivity contribution is 5.86. The Labute approximate surface area is 92.1 Å². The highest BCUT2D eigenvalue weighted by Crippen LogP contribution is 2.04. The van der Waals surface area contributed by atoms with Gasteiger partial charge in [0.25, 0.3) is 0 Å². The average molecular weight is 211 g/mol. The van der Waals surface area contributed by atoms with Crippen LogP contribution in [-0.4, -0.2) is 35.6 Å². The van der Waals surface area contributed by atoms with Gasteiger partial charge >= 0.3 is 5.97 Å². The summed E-state index contributed by atoms with van der Waals surface area (Å²) in [6.45, 7) is 8.78. The lowest BCUT2D eigenvalue weighted by Crippen LogP contribution is -2.25. The fourth-order valence-electron chi connectivity index (χ4n) is 1.29. The number of aliphatic carboxylic acids is 1. The minimum atomic E-state index is -0.819. The van der Waals surface area contributed by atoms with Crippen molar-refractivity contribution in [2.24, 2.45) is 0 Å². The fraction of sp³-hybridized carbons (Fsp3) is 0.583. The van der Waals surface area contributed by atoms with Gasteiger partial charge in [0, 0.05) is 12.1 Å². The molecule has 1 N–H and O–H groups in total. The maximum Gasteiger partial charge on any atom is 0.331 e. The molecule has 0 saturated heterocycles. The van der Waals surface area contributed by atoms with E-state index >= 15 is 0 Å². The van der Waals surface area contributed by atoms with E-state index in [9.17, 15) is 4.79 Å². The molecule has 0 aliphatic rings. The number of allylic oxidation sites excluding steroid dienone is 3. The maximum atomic E-state index is 10.9. The molecule has 0 aliphatic carbocycles. The van der Waals surface area contributed by atoms with E-state index in [2.05, 4.69) is 18.7 Å². The number of rotatable bonds is 7. The Morgan fingerprint density at radius 1 is 1.33 bits per heavy atom. The minimum Gasteiger partial charge on any atom is -0.478 e. The van der Waals surface area contributed by atoms with E-state index in [-0.39, 0.29) is 0 Å². The summed E-state index contributed by atoms with van der Waals surface area (Å²) in [5.41, 5.74) is 0.472. The van der Waals surface area contributed by atoms with Crippen LogP contribution in [0.25, 0.3) is 0 Å². The Morgan fingerprint density at radius 2 is 1.93 bits per heavy atom. The zero-order valence-electron chi connectivity index (χ0n) is 9.86.